The second kappa shape index (κ2) is 2.63. The molecule has 1 aromatic carbocycles. The predicted molar refractivity (Wildman–Crippen MR) is 58.7 cm³/mol. The zero-order chi connectivity index (χ0) is 10.6. The van der Waals surface area contributed by atoms with Crippen molar-refractivity contribution in [2.45, 2.75) is 25.7 Å². The molecule has 2 nitrogen and oxygen atoms in total. The smallest absolute Gasteiger partial charge is 0.228 e. The van der Waals surface area contributed by atoms with Gasteiger partial charge in [-0.2, -0.15) is 0 Å². The van der Waals surface area contributed by atoms with Crippen molar-refractivity contribution < 1.29 is 4.79 Å². The number of nitrogens with one attached hydrogen (secondary N) is 1. The molecule has 2 bridgehead atoms. The lowest BCUT2D eigenvalue weighted by molar-refractivity contribution is -0.127. The van der Waals surface area contributed by atoms with Crippen molar-refractivity contribution in [2.24, 2.45) is 5.41 Å². The van der Waals surface area contributed by atoms with E-state index in [2.05, 4.69) is 37.4 Å². The van der Waals surface area contributed by atoms with E-state index < -0.39 is 0 Å². The molecule has 1 amide bonds. The van der Waals surface area contributed by atoms with Gasteiger partial charge in [0, 0.05) is 12.5 Å². The Bertz CT molecular complexity index is 436. The van der Waals surface area contributed by atoms with Gasteiger partial charge in [0.2, 0.25) is 5.91 Å². The molecule has 78 valence electrons. The van der Waals surface area contributed by atoms with Gasteiger partial charge in [-0.1, -0.05) is 38.1 Å². The van der Waals surface area contributed by atoms with Gasteiger partial charge in [-0.3, -0.25) is 4.79 Å². The fraction of sp³-hybridized carbons (Fsp3) is 0.462. The summed E-state index contributed by atoms with van der Waals surface area (Å²) in [6.07, 6.45) is 0. The van der Waals surface area contributed by atoms with Gasteiger partial charge in [0.15, 0.2) is 0 Å². The lowest BCUT2D eigenvalue weighted by Gasteiger charge is -2.37. The molecule has 0 aromatic heterocycles. The van der Waals surface area contributed by atoms with E-state index in [9.17, 15) is 4.79 Å². The minimum absolute atomic E-state index is 0.0486. The molecule has 1 fully saturated rings. The molecule has 2 aliphatic rings. The number of rotatable bonds is 0. The zero-order valence-corrected chi connectivity index (χ0v) is 9.08. The molecule has 2 atom stereocenters. The molecule has 1 aliphatic carbocycles. The van der Waals surface area contributed by atoms with Crippen LogP contribution in [0.15, 0.2) is 24.3 Å². The first kappa shape index (κ1) is 8.96. The Hall–Kier alpha value is -1.31. The maximum absolute atomic E-state index is 11.9. The highest BCUT2D eigenvalue weighted by Crippen LogP contribution is 2.56. The summed E-state index contributed by atoms with van der Waals surface area (Å²) in [5.41, 5.74) is 2.68. The van der Waals surface area contributed by atoms with Crippen LogP contribution < -0.4 is 5.32 Å². The molecule has 1 heterocycles. The number of carbonyl (C=O) groups excluding carboxylic acids is 1. The molecule has 1 aliphatic heterocycles. The number of benzene rings is 1. The lowest BCUT2D eigenvalue weighted by Crippen LogP contribution is -2.45. The topological polar surface area (TPSA) is 29.1 Å². The first-order chi connectivity index (χ1) is 7.12. The summed E-state index contributed by atoms with van der Waals surface area (Å²) in [6.45, 7) is 5.21. The third-order valence-electron chi connectivity index (χ3n) is 4.07. The van der Waals surface area contributed by atoms with Crippen molar-refractivity contribution >= 4 is 5.91 Å². The standard InChI is InChI=1S/C13H15NO/c1-13(2)10-7-14-12(15)11(13)9-6-4-3-5-8(9)10/h3-6,10-11H,7H2,1-2H3,(H,14,15). The van der Waals surface area contributed by atoms with Gasteiger partial charge in [-0.25, -0.2) is 0 Å². The van der Waals surface area contributed by atoms with Crippen LogP contribution in [0.3, 0.4) is 0 Å². The fourth-order valence-electron chi connectivity index (χ4n) is 3.25. The Labute approximate surface area is 89.7 Å². The Kier molecular flexibility index (Phi) is 1.57. The van der Waals surface area contributed by atoms with E-state index in [1.807, 2.05) is 6.07 Å². The number of fused-ring (bicyclic) bond motifs is 5. The third-order valence-corrected chi connectivity index (χ3v) is 4.07. The van der Waals surface area contributed by atoms with Crippen LogP contribution in [-0.4, -0.2) is 12.5 Å². The van der Waals surface area contributed by atoms with Gasteiger partial charge in [0.05, 0.1) is 5.92 Å². The quantitative estimate of drug-likeness (QED) is 0.683. The molecule has 0 saturated carbocycles. The average molecular weight is 201 g/mol. The van der Waals surface area contributed by atoms with Crippen molar-refractivity contribution in [3.63, 3.8) is 0 Å². The molecular formula is C13H15NO. The van der Waals surface area contributed by atoms with E-state index in [-0.39, 0.29) is 17.2 Å². The maximum atomic E-state index is 11.9. The molecule has 3 rings (SSSR count). The summed E-state index contributed by atoms with van der Waals surface area (Å²) in [5, 5.41) is 3.01. The fourth-order valence-corrected chi connectivity index (χ4v) is 3.25. The van der Waals surface area contributed by atoms with Crippen molar-refractivity contribution in [1.29, 1.82) is 0 Å². The van der Waals surface area contributed by atoms with Gasteiger partial charge in [-0.05, 0) is 16.5 Å². The molecule has 1 saturated heterocycles. The summed E-state index contributed by atoms with van der Waals surface area (Å²) >= 11 is 0. The Morgan fingerprint density at radius 1 is 1.27 bits per heavy atom. The minimum Gasteiger partial charge on any atom is -0.355 e. The number of piperidine rings is 1. The first-order valence-electron chi connectivity index (χ1n) is 5.49. The van der Waals surface area contributed by atoms with Crippen LogP contribution in [-0.2, 0) is 4.79 Å². The van der Waals surface area contributed by atoms with E-state index in [1.54, 1.807) is 0 Å². The van der Waals surface area contributed by atoms with Crippen LogP contribution in [0.1, 0.15) is 36.8 Å². The minimum atomic E-state index is 0.0486. The monoisotopic (exact) mass is 201 g/mol. The second-order valence-electron chi connectivity index (χ2n) is 5.18. The van der Waals surface area contributed by atoms with Crippen molar-refractivity contribution in [2.75, 3.05) is 6.54 Å². The van der Waals surface area contributed by atoms with Crippen LogP contribution in [0, 0.1) is 5.41 Å². The second-order valence-corrected chi connectivity index (χ2v) is 5.18. The zero-order valence-electron chi connectivity index (χ0n) is 9.08. The molecule has 15 heavy (non-hydrogen) atoms. The number of amides is 1. The Morgan fingerprint density at radius 2 is 1.93 bits per heavy atom. The van der Waals surface area contributed by atoms with Crippen LogP contribution >= 0.6 is 0 Å². The number of hydrogen-bond acceptors (Lipinski definition) is 1. The average Bonchev–Trinajstić information content (AvgIpc) is 2.31. The van der Waals surface area contributed by atoms with Crippen molar-refractivity contribution in [3.05, 3.63) is 35.4 Å². The van der Waals surface area contributed by atoms with Crippen molar-refractivity contribution in [1.82, 2.24) is 5.32 Å². The largest absolute Gasteiger partial charge is 0.355 e. The van der Waals surface area contributed by atoms with E-state index in [0.717, 1.165) is 6.54 Å². The van der Waals surface area contributed by atoms with Gasteiger partial charge < -0.3 is 5.32 Å². The van der Waals surface area contributed by atoms with Crippen molar-refractivity contribution in [3.8, 4) is 0 Å². The van der Waals surface area contributed by atoms with E-state index in [1.165, 1.54) is 11.1 Å². The summed E-state index contributed by atoms with van der Waals surface area (Å²) in [7, 11) is 0. The summed E-state index contributed by atoms with van der Waals surface area (Å²) < 4.78 is 0. The summed E-state index contributed by atoms with van der Waals surface area (Å²) in [5.74, 6) is 0.727. The Balaban J connectivity index is 2.25. The molecule has 2 unspecified atom stereocenters. The highest BCUT2D eigenvalue weighted by atomic mass is 16.2. The normalized spacial score (nSPS) is 30.9. The third kappa shape index (κ3) is 0.969. The van der Waals surface area contributed by atoms with Gasteiger partial charge in [-0.15, -0.1) is 0 Å². The maximum Gasteiger partial charge on any atom is 0.228 e. The summed E-state index contributed by atoms with van der Waals surface area (Å²) in [6, 6.07) is 8.37. The van der Waals surface area contributed by atoms with Crippen LogP contribution in [0.4, 0.5) is 0 Å². The SMILES string of the molecule is CC1(C)C2CNC(=O)C1c1ccccc12. The van der Waals surface area contributed by atoms with Crippen LogP contribution in [0.25, 0.3) is 0 Å². The van der Waals surface area contributed by atoms with Crippen LogP contribution in [0.2, 0.25) is 0 Å². The highest BCUT2D eigenvalue weighted by molar-refractivity contribution is 5.88. The first-order valence-corrected chi connectivity index (χ1v) is 5.49. The lowest BCUT2D eigenvalue weighted by atomic mass is 9.71. The highest BCUT2D eigenvalue weighted by Gasteiger charge is 2.52. The number of carbonyl (C=O) groups is 1. The van der Waals surface area contributed by atoms with E-state index in [0.29, 0.717) is 5.92 Å². The van der Waals surface area contributed by atoms with E-state index in [4.69, 9.17) is 0 Å². The molecule has 1 N–H and O–H groups in total. The molecule has 2 heteroatoms. The summed E-state index contributed by atoms with van der Waals surface area (Å²) in [4.78, 5) is 11.9. The van der Waals surface area contributed by atoms with E-state index >= 15 is 0 Å². The van der Waals surface area contributed by atoms with Gasteiger partial charge in [0.25, 0.3) is 0 Å². The molecule has 0 spiro atoms. The van der Waals surface area contributed by atoms with Gasteiger partial charge in [0.1, 0.15) is 0 Å². The number of hydrogen-bond donors (Lipinski definition) is 1. The van der Waals surface area contributed by atoms with Gasteiger partial charge >= 0.3 is 0 Å². The molecule has 1 aromatic rings. The predicted octanol–water partition coefficient (Wildman–Crippen LogP) is 2.02. The van der Waals surface area contributed by atoms with Crippen LogP contribution in [0.5, 0.6) is 0 Å². The molecular weight excluding hydrogens is 186 g/mol. The Morgan fingerprint density at radius 3 is 2.67 bits per heavy atom. The molecule has 0 radical (unpaired) electrons.